The number of nitrogens with one attached hydrogen (secondary N) is 1. The highest BCUT2D eigenvalue weighted by Gasteiger charge is 2.13. The van der Waals surface area contributed by atoms with Crippen LogP contribution >= 0.6 is 15.9 Å². The second kappa shape index (κ2) is 6.09. The lowest BCUT2D eigenvalue weighted by atomic mass is 10.1. The van der Waals surface area contributed by atoms with Crippen LogP contribution < -0.4 is 5.32 Å². The number of anilines is 1. The third kappa shape index (κ3) is 3.39. The van der Waals surface area contributed by atoms with Crippen LogP contribution in [0.3, 0.4) is 0 Å². The third-order valence-corrected chi connectivity index (χ3v) is 3.08. The molecule has 2 aromatic rings. The first-order valence-corrected chi connectivity index (χ1v) is 6.44. The monoisotopic (exact) mass is 343 g/mol. The molecule has 6 heteroatoms. The maximum atomic E-state index is 13.5. The predicted octanol–water partition coefficient (Wildman–Crippen LogP) is 4.05. The van der Waals surface area contributed by atoms with Crippen LogP contribution in [0.2, 0.25) is 0 Å². The van der Waals surface area contributed by atoms with Crippen LogP contribution in [-0.4, -0.2) is 5.91 Å². The molecular formula is C14H9BrF3NO. The Morgan fingerprint density at radius 1 is 1.10 bits per heavy atom. The minimum Gasteiger partial charge on any atom is -0.323 e. The highest BCUT2D eigenvalue weighted by molar-refractivity contribution is 9.10. The maximum Gasteiger partial charge on any atom is 0.228 e. The molecule has 0 saturated carbocycles. The molecule has 0 saturated heterocycles. The van der Waals surface area contributed by atoms with E-state index in [1.807, 2.05) is 0 Å². The number of carbonyl (C=O) groups excluding carboxylic acids is 1. The highest BCUT2D eigenvalue weighted by atomic mass is 79.9. The van der Waals surface area contributed by atoms with E-state index < -0.39 is 23.4 Å². The summed E-state index contributed by atoms with van der Waals surface area (Å²) < 4.78 is 40.4. The van der Waals surface area contributed by atoms with Crippen LogP contribution in [0, 0.1) is 17.5 Å². The molecule has 0 bridgehead atoms. The fraction of sp³-hybridized carbons (Fsp3) is 0.0714. The summed E-state index contributed by atoms with van der Waals surface area (Å²) in [7, 11) is 0. The molecule has 0 spiro atoms. The summed E-state index contributed by atoms with van der Waals surface area (Å²) in [6.07, 6.45) is -0.376. The third-order valence-electron chi connectivity index (χ3n) is 2.59. The Balaban J connectivity index is 2.11. The van der Waals surface area contributed by atoms with Gasteiger partial charge >= 0.3 is 0 Å². The van der Waals surface area contributed by atoms with E-state index in [1.165, 1.54) is 24.3 Å². The Morgan fingerprint density at radius 2 is 1.85 bits per heavy atom. The quantitative estimate of drug-likeness (QED) is 0.894. The van der Waals surface area contributed by atoms with E-state index in [1.54, 1.807) is 6.07 Å². The highest BCUT2D eigenvalue weighted by Crippen LogP contribution is 2.20. The van der Waals surface area contributed by atoms with Gasteiger partial charge in [-0.1, -0.05) is 28.1 Å². The topological polar surface area (TPSA) is 29.1 Å². The molecule has 0 aliphatic carbocycles. The van der Waals surface area contributed by atoms with Crippen LogP contribution in [0.1, 0.15) is 5.56 Å². The summed E-state index contributed by atoms with van der Waals surface area (Å²) in [6.45, 7) is 0. The summed E-state index contributed by atoms with van der Waals surface area (Å²) in [4.78, 5) is 11.7. The van der Waals surface area contributed by atoms with E-state index in [0.29, 0.717) is 4.47 Å². The Bertz CT molecular complexity index is 661. The van der Waals surface area contributed by atoms with Gasteiger partial charge in [0, 0.05) is 10.0 Å². The molecule has 2 nitrogen and oxygen atoms in total. The van der Waals surface area contributed by atoms with Gasteiger partial charge in [0.1, 0.15) is 5.82 Å². The van der Waals surface area contributed by atoms with E-state index in [2.05, 4.69) is 21.2 Å². The van der Waals surface area contributed by atoms with Crippen molar-refractivity contribution in [1.29, 1.82) is 0 Å². The van der Waals surface area contributed by atoms with Gasteiger partial charge < -0.3 is 5.32 Å². The summed E-state index contributed by atoms with van der Waals surface area (Å²) >= 11 is 3.09. The molecule has 0 radical (unpaired) electrons. The number of carbonyl (C=O) groups is 1. The summed E-state index contributed by atoms with van der Waals surface area (Å²) in [6, 6.07) is 7.70. The van der Waals surface area contributed by atoms with Crippen LogP contribution in [0.5, 0.6) is 0 Å². The summed E-state index contributed by atoms with van der Waals surface area (Å²) in [5.41, 5.74) is -0.102. The van der Waals surface area contributed by atoms with E-state index >= 15 is 0 Å². The first-order valence-electron chi connectivity index (χ1n) is 5.65. The standard InChI is InChI=1S/C14H9BrF3NO/c15-9-4-5-12(11(17)7-9)19-13(20)6-8-2-1-3-10(16)14(8)18/h1-5,7H,6H2,(H,19,20). The second-order valence-corrected chi connectivity index (χ2v) is 4.98. The fourth-order valence-electron chi connectivity index (χ4n) is 1.64. The Labute approximate surface area is 121 Å². The van der Waals surface area contributed by atoms with Crippen molar-refractivity contribution in [1.82, 2.24) is 0 Å². The van der Waals surface area contributed by atoms with Gasteiger partial charge in [-0.3, -0.25) is 4.79 Å². The second-order valence-electron chi connectivity index (χ2n) is 4.06. The minimum atomic E-state index is -1.07. The molecule has 1 amide bonds. The molecule has 0 aliphatic heterocycles. The molecule has 0 heterocycles. The number of hydrogen-bond donors (Lipinski definition) is 1. The molecular weight excluding hydrogens is 335 g/mol. The van der Waals surface area contributed by atoms with E-state index in [4.69, 9.17) is 0 Å². The van der Waals surface area contributed by atoms with Crippen LogP contribution in [0.25, 0.3) is 0 Å². The van der Waals surface area contributed by atoms with Gasteiger partial charge in [0.2, 0.25) is 5.91 Å². The molecule has 0 aromatic heterocycles. The van der Waals surface area contributed by atoms with Crippen molar-refractivity contribution in [2.24, 2.45) is 0 Å². The Morgan fingerprint density at radius 3 is 2.55 bits per heavy atom. The lowest BCUT2D eigenvalue weighted by molar-refractivity contribution is -0.115. The number of hydrogen-bond acceptors (Lipinski definition) is 1. The molecule has 20 heavy (non-hydrogen) atoms. The first kappa shape index (κ1) is 14.6. The SMILES string of the molecule is O=C(Cc1cccc(F)c1F)Nc1ccc(Br)cc1F. The number of benzene rings is 2. The molecule has 2 aromatic carbocycles. The Kier molecular flexibility index (Phi) is 4.44. The molecule has 104 valence electrons. The summed E-state index contributed by atoms with van der Waals surface area (Å²) in [5.74, 6) is -3.34. The van der Waals surface area contributed by atoms with Crippen molar-refractivity contribution < 1.29 is 18.0 Å². The zero-order valence-electron chi connectivity index (χ0n) is 10.1. The molecule has 2 rings (SSSR count). The molecule has 0 fully saturated rings. The van der Waals surface area contributed by atoms with Crippen molar-refractivity contribution in [2.45, 2.75) is 6.42 Å². The van der Waals surface area contributed by atoms with Crippen molar-refractivity contribution in [3.8, 4) is 0 Å². The zero-order valence-corrected chi connectivity index (χ0v) is 11.7. The largest absolute Gasteiger partial charge is 0.323 e. The average Bonchev–Trinajstić information content (AvgIpc) is 2.38. The van der Waals surface area contributed by atoms with Crippen LogP contribution in [-0.2, 0) is 11.2 Å². The lowest BCUT2D eigenvalue weighted by Gasteiger charge is -2.07. The van der Waals surface area contributed by atoms with Crippen LogP contribution in [0.4, 0.5) is 18.9 Å². The van der Waals surface area contributed by atoms with Gasteiger partial charge in [-0.15, -0.1) is 0 Å². The van der Waals surface area contributed by atoms with Gasteiger partial charge in [0.05, 0.1) is 12.1 Å². The predicted molar refractivity (Wildman–Crippen MR) is 72.8 cm³/mol. The molecule has 1 N–H and O–H groups in total. The molecule has 0 unspecified atom stereocenters. The fourth-order valence-corrected chi connectivity index (χ4v) is 1.98. The normalized spacial score (nSPS) is 10.4. The lowest BCUT2D eigenvalue weighted by Crippen LogP contribution is -2.16. The van der Waals surface area contributed by atoms with Crippen molar-refractivity contribution in [3.05, 3.63) is 63.9 Å². The van der Waals surface area contributed by atoms with E-state index in [0.717, 1.165) is 6.07 Å². The molecule has 0 aliphatic rings. The number of amides is 1. The summed E-state index contributed by atoms with van der Waals surface area (Å²) in [5, 5.41) is 2.31. The van der Waals surface area contributed by atoms with Gasteiger partial charge in [-0.25, -0.2) is 13.2 Å². The van der Waals surface area contributed by atoms with Crippen molar-refractivity contribution in [2.75, 3.05) is 5.32 Å². The van der Waals surface area contributed by atoms with Gasteiger partial charge in [0.25, 0.3) is 0 Å². The van der Waals surface area contributed by atoms with Crippen LogP contribution in [0.15, 0.2) is 40.9 Å². The number of halogens is 4. The maximum absolute atomic E-state index is 13.5. The van der Waals surface area contributed by atoms with Crippen molar-refractivity contribution >= 4 is 27.5 Å². The minimum absolute atomic E-state index is 0.0185. The van der Waals surface area contributed by atoms with Crippen molar-refractivity contribution in [3.63, 3.8) is 0 Å². The average molecular weight is 344 g/mol. The molecule has 0 atom stereocenters. The Hall–Kier alpha value is -1.82. The first-order chi connectivity index (χ1) is 9.47. The van der Waals surface area contributed by atoms with Gasteiger partial charge in [0.15, 0.2) is 11.6 Å². The van der Waals surface area contributed by atoms with Gasteiger partial charge in [-0.05, 0) is 24.3 Å². The van der Waals surface area contributed by atoms with E-state index in [9.17, 15) is 18.0 Å². The smallest absolute Gasteiger partial charge is 0.228 e. The van der Waals surface area contributed by atoms with E-state index in [-0.39, 0.29) is 17.7 Å². The zero-order chi connectivity index (χ0) is 14.7. The van der Waals surface area contributed by atoms with Gasteiger partial charge in [-0.2, -0.15) is 0 Å². The number of rotatable bonds is 3.